The highest BCUT2D eigenvalue weighted by atomic mass is 16.5. The topological polar surface area (TPSA) is 52.6 Å². The molecule has 0 fully saturated rings. The molecule has 4 nitrogen and oxygen atoms in total. The predicted octanol–water partition coefficient (Wildman–Crippen LogP) is 5.38. The Labute approximate surface area is 177 Å². The summed E-state index contributed by atoms with van der Waals surface area (Å²) in [6, 6.07) is 26.7. The largest absolute Gasteiger partial charge is 0.460 e. The zero-order valence-corrected chi connectivity index (χ0v) is 17.3. The first-order valence-corrected chi connectivity index (χ1v) is 10.1. The van der Waals surface area contributed by atoms with Gasteiger partial charge in [0.2, 0.25) is 0 Å². The Balaban J connectivity index is 1.53. The lowest BCUT2D eigenvalue weighted by atomic mass is 9.95. The van der Waals surface area contributed by atoms with Gasteiger partial charge in [0, 0.05) is 0 Å². The quantitative estimate of drug-likeness (QED) is 0.475. The van der Waals surface area contributed by atoms with Crippen LogP contribution >= 0.6 is 0 Å². The smallest absolute Gasteiger partial charge is 0.313 e. The first kappa shape index (κ1) is 21.3. The van der Waals surface area contributed by atoms with Gasteiger partial charge in [-0.15, -0.1) is 0 Å². The van der Waals surface area contributed by atoms with E-state index in [1.807, 2.05) is 98.8 Å². The van der Waals surface area contributed by atoms with E-state index in [0.29, 0.717) is 0 Å². The van der Waals surface area contributed by atoms with Gasteiger partial charge in [-0.3, -0.25) is 9.59 Å². The highest BCUT2D eigenvalue weighted by molar-refractivity contribution is 5.79. The van der Waals surface area contributed by atoms with Gasteiger partial charge in [-0.25, -0.2) is 0 Å². The summed E-state index contributed by atoms with van der Waals surface area (Å²) in [7, 11) is 0. The zero-order chi connectivity index (χ0) is 21.3. The highest BCUT2D eigenvalue weighted by Crippen LogP contribution is 2.23. The summed E-state index contributed by atoms with van der Waals surface area (Å²) >= 11 is 0. The lowest BCUT2D eigenvalue weighted by Crippen LogP contribution is -2.15. The van der Waals surface area contributed by atoms with Crippen molar-refractivity contribution in [3.05, 3.63) is 107 Å². The van der Waals surface area contributed by atoms with Gasteiger partial charge < -0.3 is 9.47 Å². The Hall–Kier alpha value is -3.40. The number of carbonyl (C=O) groups is 2. The van der Waals surface area contributed by atoms with Crippen molar-refractivity contribution in [3.63, 3.8) is 0 Å². The summed E-state index contributed by atoms with van der Waals surface area (Å²) in [5.74, 6) is -1.32. The van der Waals surface area contributed by atoms with Gasteiger partial charge in [0.25, 0.3) is 0 Å². The van der Waals surface area contributed by atoms with Crippen molar-refractivity contribution in [2.45, 2.75) is 38.9 Å². The number of carbonyl (C=O) groups excluding carboxylic acids is 2. The molecule has 0 aliphatic carbocycles. The second-order valence-electron chi connectivity index (χ2n) is 7.30. The van der Waals surface area contributed by atoms with Gasteiger partial charge >= 0.3 is 11.9 Å². The molecule has 4 heteroatoms. The third kappa shape index (κ3) is 5.80. The molecule has 3 aromatic carbocycles. The SMILES string of the molecule is C[C@H](C(=O)OCc1ccccc1)c1ccc([C@H](C)C(=O)OCc2ccccc2)cc1. The van der Waals surface area contributed by atoms with Crippen LogP contribution in [0.3, 0.4) is 0 Å². The Bertz CT molecular complexity index is 869. The predicted molar refractivity (Wildman–Crippen MR) is 116 cm³/mol. The molecule has 0 bridgehead atoms. The molecule has 0 spiro atoms. The number of hydrogen-bond donors (Lipinski definition) is 0. The maximum absolute atomic E-state index is 12.4. The van der Waals surface area contributed by atoms with Crippen molar-refractivity contribution < 1.29 is 19.1 Å². The minimum atomic E-state index is -0.386. The summed E-state index contributed by atoms with van der Waals surface area (Å²) in [5.41, 5.74) is 3.61. The summed E-state index contributed by atoms with van der Waals surface area (Å²) < 4.78 is 10.8. The molecular formula is C26H26O4. The molecule has 0 saturated heterocycles. The van der Waals surface area contributed by atoms with Gasteiger partial charge in [-0.2, -0.15) is 0 Å². The van der Waals surface area contributed by atoms with Gasteiger partial charge in [-0.05, 0) is 36.1 Å². The van der Waals surface area contributed by atoms with Gasteiger partial charge in [0.1, 0.15) is 13.2 Å². The van der Waals surface area contributed by atoms with Gasteiger partial charge in [0.05, 0.1) is 11.8 Å². The van der Waals surface area contributed by atoms with Crippen molar-refractivity contribution in [2.75, 3.05) is 0 Å². The van der Waals surface area contributed by atoms with Crippen LogP contribution in [0.4, 0.5) is 0 Å². The van der Waals surface area contributed by atoms with E-state index in [0.717, 1.165) is 22.3 Å². The molecule has 0 aromatic heterocycles. The molecule has 3 aromatic rings. The van der Waals surface area contributed by atoms with Gasteiger partial charge in [0.15, 0.2) is 0 Å². The summed E-state index contributed by atoms with van der Waals surface area (Å²) in [4.78, 5) is 24.7. The summed E-state index contributed by atoms with van der Waals surface area (Å²) in [6.45, 7) is 4.15. The number of hydrogen-bond acceptors (Lipinski definition) is 4. The lowest BCUT2D eigenvalue weighted by molar-refractivity contribution is -0.147. The Morgan fingerprint density at radius 2 is 0.933 bits per heavy atom. The standard InChI is InChI=1S/C26H26O4/c1-19(25(27)29-17-21-9-5-3-6-10-21)23-13-15-24(16-14-23)20(2)26(28)30-18-22-11-7-4-8-12-22/h3-16,19-20H,17-18H2,1-2H3/t19-,20-/m0/s1. The first-order valence-electron chi connectivity index (χ1n) is 10.1. The maximum atomic E-state index is 12.4. The van der Waals surface area contributed by atoms with E-state index in [-0.39, 0.29) is 37.0 Å². The van der Waals surface area contributed by atoms with Crippen LogP contribution < -0.4 is 0 Å². The molecule has 3 rings (SSSR count). The van der Waals surface area contributed by atoms with Crippen LogP contribution in [-0.2, 0) is 32.3 Å². The minimum Gasteiger partial charge on any atom is -0.460 e. The van der Waals surface area contributed by atoms with Crippen molar-refractivity contribution >= 4 is 11.9 Å². The molecule has 0 unspecified atom stereocenters. The van der Waals surface area contributed by atoms with Crippen LogP contribution in [0.5, 0.6) is 0 Å². The van der Waals surface area contributed by atoms with Crippen LogP contribution in [0, 0.1) is 0 Å². The summed E-state index contributed by atoms with van der Waals surface area (Å²) in [5, 5.41) is 0. The zero-order valence-electron chi connectivity index (χ0n) is 17.3. The van der Waals surface area contributed by atoms with Crippen molar-refractivity contribution in [2.24, 2.45) is 0 Å². The molecular weight excluding hydrogens is 376 g/mol. The van der Waals surface area contributed by atoms with E-state index >= 15 is 0 Å². The number of ether oxygens (including phenoxy) is 2. The van der Waals surface area contributed by atoms with E-state index in [4.69, 9.17) is 9.47 Å². The molecule has 0 aliphatic heterocycles. The average molecular weight is 402 g/mol. The molecule has 0 N–H and O–H groups in total. The maximum Gasteiger partial charge on any atom is 0.313 e. The monoisotopic (exact) mass is 402 g/mol. The molecule has 0 saturated carbocycles. The fourth-order valence-corrected chi connectivity index (χ4v) is 3.05. The Kier molecular flexibility index (Phi) is 7.39. The van der Waals surface area contributed by atoms with Crippen molar-refractivity contribution in [1.29, 1.82) is 0 Å². The van der Waals surface area contributed by atoms with Crippen LogP contribution in [0.15, 0.2) is 84.9 Å². The highest BCUT2D eigenvalue weighted by Gasteiger charge is 2.20. The van der Waals surface area contributed by atoms with Crippen LogP contribution in [-0.4, -0.2) is 11.9 Å². The molecule has 0 heterocycles. The third-order valence-electron chi connectivity index (χ3n) is 5.09. The lowest BCUT2D eigenvalue weighted by Gasteiger charge is -2.15. The molecule has 2 atom stereocenters. The fourth-order valence-electron chi connectivity index (χ4n) is 3.05. The van der Waals surface area contributed by atoms with E-state index in [1.54, 1.807) is 0 Å². The van der Waals surface area contributed by atoms with E-state index in [1.165, 1.54) is 0 Å². The Morgan fingerprint density at radius 1 is 0.600 bits per heavy atom. The third-order valence-corrected chi connectivity index (χ3v) is 5.09. The number of benzene rings is 3. The second kappa shape index (κ2) is 10.4. The number of esters is 2. The number of rotatable bonds is 8. The van der Waals surface area contributed by atoms with Crippen LogP contribution in [0.25, 0.3) is 0 Å². The fraction of sp³-hybridized carbons (Fsp3) is 0.231. The van der Waals surface area contributed by atoms with Gasteiger partial charge in [-0.1, -0.05) is 84.9 Å². The van der Waals surface area contributed by atoms with E-state index in [2.05, 4.69) is 0 Å². The van der Waals surface area contributed by atoms with Crippen LogP contribution in [0.1, 0.15) is 47.9 Å². The van der Waals surface area contributed by atoms with Crippen LogP contribution in [0.2, 0.25) is 0 Å². The molecule has 0 aliphatic rings. The average Bonchev–Trinajstić information content (AvgIpc) is 2.81. The molecule has 30 heavy (non-hydrogen) atoms. The first-order chi connectivity index (χ1) is 14.5. The van der Waals surface area contributed by atoms with E-state index < -0.39 is 0 Å². The normalized spacial score (nSPS) is 12.6. The Morgan fingerprint density at radius 3 is 1.27 bits per heavy atom. The summed E-state index contributed by atoms with van der Waals surface area (Å²) in [6.07, 6.45) is 0. The second-order valence-corrected chi connectivity index (χ2v) is 7.30. The van der Waals surface area contributed by atoms with Crippen molar-refractivity contribution in [1.82, 2.24) is 0 Å². The van der Waals surface area contributed by atoms with Crippen molar-refractivity contribution in [3.8, 4) is 0 Å². The molecule has 154 valence electrons. The van der Waals surface area contributed by atoms with E-state index in [9.17, 15) is 9.59 Å². The molecule has 0 radical (unpaired) electrons. The minimum absolute atomic E-state index is 0.256. The molecule has 0 amide bonds.